The number of amides is 1. The number of ether oxygens (including phenoxy) is 3. The Morgan fingerprint density at radius 3 is 2.40 bits per heavy atom. The minimum atomic E-state index is -0.199. The molecule has 0 aliphatic carbocycles. The van der Waals surface area contributed by atoms with Crippen molar-refractivity contribution in [3.8, 4) is 17.2 Å². The van der Waals surface area contributed by atoms with E-state index in [4.69, 9.17) is 19.2 Å². The number of carbonyl (C=O) groups is 1. The molecule has 0 radical (unpaired) electrons. The zero-order chi connectivity index (χ0) is 24.6. The lowest BCUT2D eigenvalue weighted by atomic mass is 10.1. The number of rotatable bonds is 10. The predicted molar refractivity (Wildman–Crippen MR) is 136 cm³/mol. The van der Waals surface area contributed by atoms with E-state index in [1.807, 2.05) is 18.2 Å². The lowest BCUT2D eigenvalue weighted by Crippen LogP contribution is -2.48. The molecule has 2 aromatic carbocycles. The van der Waals surface area contributed by atoms with Crippen molar-refractivity contribution in [1.82, 2.24) is 19.6 Å². The van der Waals surface area contributed by atoms with Gasteiger partial charge in [-0.05, 0) is 29.8 Å². The largest absolute Gasteiger partial charge is 0.497 e. The standard InChI is InChI=1S/C25H31N5O4S/c1-32-19-7-4-6-18(16-19)17-22-27-25(35-28-22)30-14-12-29(13-15-30)11-10-26-24(31)23-20(33-2)8-5-9-21(23)34-3/h4-9,16H,10-15,17H2,1-3H3,(H,26,31). The Morgan fingerprint density at radius 2 is 1.71 bits per heavy atom. The number of nitrogens with zero attached hydrogens (tertiary/aromatic N) is 4. The summed E-state index contributed by atoms with van der Waals surface area (Å²) < 4.78 is 20.5. The van der Waals surface area contributed by atoms with E-state index in [1.165, 1.54) is 11.5 Å². The van der Waals surface area contributed by atoms with Gasteiger partial charge >= 0.3 is 0 Å². The average Bonchev–Trinajstić information content (AvgIpc) is 3.36. The number of hydrogen-bond acceptors (Lipinski definition) is 9. The quantitative estimate of drug-likeness (QED) is 0.458. The van der Waals surface area contributed by atoms with Crippen LogP contribution in [0.25, 0.3) is 0 Å². The molecular formula is C25H31N5O4S. The van der Waals surface area contributed by atoms with Crippen LogP contribution in [0, 0.1) is 0 Å². The number of benzene rings is 2. The van der Waals surface area contributed by atoms with Gasteiger partial charge in [-0.15, -0.1) is 0 Å². The molecule has 0 spiro atoms. The summed E-state index contributed by atoms with van der Waals surface area (Å²) in [5, 5.41) is 3.95. The van der Waals surface area contributed by atoms with Crippen molar-refractivity contribution < 1.29 is 19.0 Å². The molecule has 1 aromatic heterocycles. The van der Waals surface area contributed by atoms with Crippen molar-refractivity contribution in [2.45, 2.75) is 6.42 Å². The minimum absolute atomic E-state index is 0.199. The maximum atomic E-state index is 12.7. The molecule has 1 saturated heterocycles. The topological polar surface area (TPSA) is 89.1 Å². The van der Waals surface area contributed by atoms with Crippen LogP contribution in [0.5, 0.6) is 17.2 Å². The number of carbonyl (C=O) groups excluding carboxylic acids is 1. The SMILES string of the molecule is COc1cccc(Cc2nsc(N3CCN(CCNC(=O)c4c(OC)cccc4OC)CC3)n2)c1. The number of anilines is 1. The Balaban J connectivity index is 1.24. The molecular weight excluding hydrogens is 466 g/mol. The summed E-state index contributed by atoms with van der Waals surface area (Å²) in [5.74, 6) is 2.47. The third-order valence-corrected chi connectivity index (χ3v) is 6.78. The van der Waals surface area contributed by atoms with E-state index in [-0.39, 0.29) is 5.91 Å². The molecule has 0 bridgehead atoms. The van der Waals surface area contributed by atoms with Gasteiger partial charge in [-0.25, -0.2) is 4.98 Å². The van der Waals surface area contributed by atoms with E-state index in [0.717, 1.165) is 55.0 Å². The van der Waals surface area contributed by atoms with E-state index < -0.39 is 0 Å². The Hall–Kier alpha value is -3.37. The summed E-state index contributed by atoms with van der Waals surface area (Å²) in [4.78, 5) is 22.1. The molecule has 1 aliphatic heterocycles. The highest BCUT2D eigenvalue weighted by molar-refractivity contribution is 7.09. The van der Waals surface area contributed by atoms with E-state index >= 15 is 0 Å². The minimum Gasteiger partial charge on any atom is -0.497 e. The second-order valence-electron chi connectivity index (χ2n) is 8.14. The summed E-state index contributed by atoms with van der Waals surface area (Å²) in [5.41, 5.74) is 1.55. The van der Waals surface area contributed by atoms with Crippen LogP contribution in [0.4, 0.5) is 5.13 Å². The predicted octanol–water partition coefficient (Wildman–Crippen LogP) is 2.71. The molecule has 1 amide bonds. The second kappa shape index (κ2) is 11.9. The van der Waals surface area contributed by atoms with Gasteiger partial charge in [0.1, 0.15) is 28.6 Å². The van der Waals surface area contributed by atoms with E-state index in [1.54, 1.807) is 39.5 Å². The molecule has 2 heterocycles. The fourth-order valence-corrected chi connectivity index (χ4v) is 4.80. The number of hydrogen-bond donors (Lipinski definition) is 1. The van der Waals surface area contributed by atoms with Gasteiger partial charge in [0, 0.05) is 57.2 Å². The zero-order valence-electron chi connectivity index (χ0n) is 20.3. The first-order chi connectivity index (χ1) is 17.1. The molecule has 3 aromatic rings. The number of nitrogens with one attached hydrogen (secondary N) is 1. The van der Waals surface area contributed by atoms with Crippen molar-refractivity contribution in [2.24, 2.45) is 0 Å². The van der Waals surface area contributed by atoms with E-state index in [0.29, 0.717) is 30.0 Å². The van der Waals surface area contributed by atoms with Gasteiger partial charge in [0.05, 0.1) is 21.3 Å². The Kier molecular flexibility index (Phi) is 8.38. The number of piperazine rings is 1. The first kappa shape index (κ1) is 24.7. The van der Waals surface area contributed by atoms with Crippen LogP contribution in [0.15, 0.2) is 42.5 Å². The molecule has 10 heteroatoms. The van der Waals surface area contributed by atoms with Gasteiger partial charge in [-0.1, -0.05) is 18.2 Å². The highest BCUT2D eigenvalue weighted by Crippen LogP contribution is 2.28. The molecule has 4 rings (SSSR count). The van der Waals surface area contributed by atoms with Crippen LogP contribution < -0.4 is 24.4 Å². The van der Waals surface area contributed by atoms with Gasteiger partial charge in [-0.3, -0.25) is 9.69 Å². The van der Waals surface area contributed by atoms with Crippen LogP contribution in [0.1, 0.15) is 21.7 Å². The van der Waals surface area contributed by atoms with Crippen LogP contribution in [0.3, 0.4) is 0 Å². The monoisotopic (exact) mass is 497 g/mol. The molecule has 35 heavy (non-hydrogen) atoms. The molecule has 0 atom stereocenters. The van der Waals surface area contributed by atoms with Crippen LogP contribution >= 0.6 is 11.5 Å². The van der Waals surface area contributed by atoms with Gasteiger partial charge in [0.2, 0.25) is 5.13 Å². The second-order valence-corrected chi connectivity index (χ2v) is 8.87. The lowest BCUT2D eigenvalue weighted by Gasteiger charge is -2.34. The van der Waals surface area contributed by atoms with Crippen molar-refractivity contribution in [3.05, 3.63) is 59.4 Å². The van der Waals surface area contributed by atoms with Gasteiger partial charge in [-0.2, -0.15) is 4.37 Å². The maximum Gasteiger partial charge on any atom is 0.258 e. The maximum absolute atomic E-state index is 12.7. The number of methoxy groups -OCH3 is 3. The molecule has 0 unspecified atom stereocenters. The molecule has 9 nitrogen and oxygen atoms in total. The van der Waals surface area contributed by atoms with Crippen molar-refractivity contribution in [1.29, 1.82) is 0 Å². The fraction of sp³-hybridized carbons (Fsp3) is 0.400. The summed E-state index contributed by atoms with van der Waals surface area (Å²) in [6, 6.07) is 13.3. The Bertz CT molecular complexity index is 1110. The van der Waals surface area contributed by atoms with E-state index in [2.05, 4.69) is 25.6 Å². The van der Waals surface area contributed by atoms with Crippen molar-refractivity contribution >= 4 is 22.6 Å². The Morgan fingerprint density at radius 1 is 1.00 bits per heavy atom. The average molecular weight is 498 g/mol. The first-order valence-corrected chi connectivity index (χ1v) is 12.3. The molecule has 0 saturated carbocycles. The smallest absolute Gasteiger partial charge is 0.258 e. The summed E-state index contributed by atoms with van der Waals surface area (Å²) in [6.07, 6.45) is 0.685. The van der Waals surface area contributed by atoms with Crippen LogP contribution in [0.2, 0.25) is 0 Å². The highest BCUT2D eigenvalue weighted by Gasteiger charge is 2.21. The highest BCUT2D eigenvalue weighted by atomic mass is 32.1. The number of aromatic nitrogens is 2. The van der Waals surface area contributed by atoms with Crippen LogP contribution in [-0.4, -0.2) is 80.8 Å². The van der Waals surface area contributed by atoms with Gasteiger partial charge < -0.3 is 24.4 Å². The van der Waals surface area contributed by atoms with Crippen LogP contribution in [-0.2, 0) is 6.42 Å². The lowest BCUT2D eigenvalue weighted by molar-refractivity contribution is 0.0941. The molecule has 186 valence electrons. The Labute approximate surface area is 209 Å². The normalized spacial score (nSPS) is 14.0. The third kappa shape index (κ3) is 6.20. The van der Waals surface area contributed by atoms with E-state index in [9.17, 15) is 4.79 Å². The van der Waals surface area contributed by atoms with Gasteiger partial charge in [0.15, 0.2) is 0 Å². The fourth-order valence-electron chi connectivity index (χ4n) is 4.06. The first-order valence-electron chi connectivity index (χ1n) is 11.5. The summed E-state index contributed by atoms with van der Waals surface area (Å²) >= 11 is 1.45. The third-order valence-electron chi connectivity index (χ3n) is 5.97. The van der Waals surface area contributed by atoms with Gasteiger partial charge in [0.25, 0.3) is 5.91 Å². The molecule has 1 N–H and O–H groups in total. The zero-order valence-corrected chi connectivity index (χ0v) is 21.1. The molecule has 1 fully saturated rings. The summed E-state index contributed by atoms with van der Waals surface area (Å²) in [7, 11) is 4.76. The van der Waals surface area contributed by atoms with Crippen molar-refractivity contribution in [2.75, 3.05) is 65.5 Å². The summed E-state index contributed by atoms with van der Waals surface area (Å²) in [6.45, 7) is 4.87. The van der Waals surface area contributed by atoms with Crippen molar-refractivity contribution in [3.63, 3.8) is 0 Å². The molecule has 1 aliphatic rings.